The van der Waals surface area contributed by atoms with Crippen molar-refractivity contribution >= 4 is 27.6 Å². The maximum atomic E-state index is 11.9. The number of halogens is 1. The number of nitrogens with zero attached hydrogens (tertiary/aromatic N) is 1. The molecule has 0 spiro atoms. The van der Waals surface area contributed by atoms with Crippen molar-refractivity contribution in [2.24, 2.45) is 0 Å². The van der Waals surface area contributed by atoms with Gasteiger partial charge in [-0.3, -0.25) is 4.79 Å². The first-order valence-corrected chi connectivity index (χ1v) is 6.71. The summed E-state index contributed by atoms with van der Waals surface area (Å²) in [6.07, 6.45) is 2.61. The van der Waals surface area contributed by atoms with Crippen LogP contribution in [0.2, 0.25) is 5.15 Å². The number of nitrogens with one attached hydrogen (secondary N) is 1. The van der Waals surface area contributed by atoms with Gasteiger partial charge in [0, 0.05) is 6.20 Å². The van der Waals surface area contributed by atoms with Crippen molar-refractivity contribution in [2.75, 3.05) is 0 Å². The van der Waals surface area contributed by atoms with E-state index < -0.39 is 22.0 Å². The number of carboxylic acid groups (broad SMARTS) is 1. The summed E-state index contributed by atoms with van der Waals surface area (Å²) in [6.45, 7) is 3.37. The summed E-state index contributed by atoms with van der Waals surface area (Å²) in [5.41, 5.74) is 0. The molecule has 1 heterocycles. The largest absolute Gasteiger partial charge is 0.480 e. The van der Waals surface area contributed by atoms with Crippen LogP contribution in [0.4, 0.5) is 0 Å². The highest BCUT2D eigenvalue weighted by atomic mass is 35.5. The van der Waals surface area contributed by atoms with E-state index in [1.54, 1.807) is 0 Å². The van der Waals surface area contributed by atoms with Gasteiger partial charge in [-0.15, -0.1) is 6.58 Å². The molecule has 0 bridgehead atoms. The molecule has 6 nitrogen and oxygen atoms in total. The van der Waals surface area contributed by atoms with E-state index in [2.05, 4.69) is 11.6 Å². The van der Waals surface area contributed by atoms with Crippen LogP contribution in [-0.4, -0.2) is 30.5 Å². The number of aliphatic carboxylic acids is 1. The molecule has 98 valence electrons. The molecule has 0 aromatic carbocycles. The summed E-state index contributed by atoms with van der Waals surface area (Å²) in [4.78, 5) is 14.2. The lowest BCUT2D eigenvalue weighted by atomic mass is 10.2. The third-order valence-electron chi connectivity index (χ3n) is 2.01. The summed E-state index contributed by atoms with van der Waals surface area (Å²) in [6, 6.07) is 1.34. The van der Waals surface area contributed by atoms with Crippen molar-refractivity contribution in [1.29, 1.82) is 0 Å². The summed E-state index contributed by atoms with van der Waals surface area (Å²) >= 11 is 5.65. The predicted molar refractivity (Wildman–Crippen MR) is 65.8 cm³/mol. The number of sulfonamides is 1. The molecule has 18 heavy (non-hydrogen) atoms. The smallest absolute Gasteiger partial charge is 0.322 e. The zero-order valence-corrected chi connectivity index (χ0v) is 10.8. The fraction of sp³-hybridized carbons (Fsp3) is 0.200. The number of rotatable bonds is 6. The predicted octanol–water partition coefficient (Wildman–Crippen LogP) is 1.04. The van der Waals surface area contributed by atoms with Gasteiger partial charge in [0.15, 0.2) is 0 Å². The van der Waals surface area contributed by atoms with E-state index in [0.29, 0.717) is 0 Å². The Balaban J connectivity index is 3.04. The van der Waals surface area contributed by atoms with E-state index >= 15 is 0 Å². The standard InChI is InChI=1S/C10H11ClN2O4S/c1-2-4-7(10(14)15)13-18(16,17)8-5-3-6-12-9(8)11/h2-3,5-7,13H,1,4H2,(H,14,15). The first kappa shape index (κ1) is 14.6. The van der Waals surface area contributed by atoms with E-state index in [1.807, 2.05) is 4.72 Å². The average Bonchev–Trinajstić information content (AvgIpc) is 2.28. The Kier molecular flexibility index (Phi) is 4.83. The number of hydrogen-bond acceptors (Lipinski definition) is 4. The van der Waals surface area contributed by atoms with Gasteiger partial charge in [0.1, 0.15) is 16.1 Å². The topological polar surface area (TPSA) is 96.4 Å². The van der Waals surface area contributed by atoms with Gasteiger partial charge in [-0.05, 0) is 18.6 Å². The van der Waals surface area contributed by atoms with Crippen LogP contribution in [-0.2, 0) is 14.8 Å². The lowest BCUT2D eigenvalue weighted by Crippen LogP contribution is -2.40. The first-order chi connectivity index (χ1) is 8.38. The third kappa shape index (κ3) is 3.52. The molecular formula is C10H11ClN2O4S. The average molecular weight is 291 g/mol. The van der Waals surface area contributed by atoms with Gasteiger partial charge in [0.25, 0.3) is 0 Å². The molecular weight excluding hydrogens is 280 g/mol. The summed E-state index contributed by atoms with van der Waals surface area (Å²) in [5.74, 6) is -1.29. The second-order valence-electron chi connectivity index (χ2n) is 3.33. The van der Waals surface area contributed by atoms with Crippen LogP contribution < -0.4 is 4.72 Å². The molecule has 0 saturated carbocycles. The van der Waals surface area contributed by atoms with E-state index in [9.17, 15) is 13.2 Å². The highest BCUT2D eigenvalue weighted by molar-refractivity contribution is 7.89. The minimum Gasteiger partial charge on any atom is -0.480 e. The summed E-state index contributed by atoms with van der Waals surface area (Å²) < 4.78 is 25.8. The molecule has 1 aromatic heterocycles. The summed E-state index contributed by atoms with van der Waals surface area (Å²) in [7, 11) is -4.03. The van der Waals surface area contributed by atoms with Gasteiger partial charge in [-0.1, -0.05) is 17.7 Å². The third-order valence-corrected chi connectivity index (χ3v) is 3.93. The van der Waals surface area contributed by atoms with Crippen molar-refractivity contribution in [3.05, 3.63) is 36.1 Å². The Labute approximate surface area is 109 Å². The van der Waals surface area contributed by atoms with Gasteiger partial charge in [-0.25, -0.2) is 13.4 Å². The van der Waals surface area contributed by atoms with E-state index in [1.165, 1.54) is 24.4 Å². The Bertz CT molecular complexity index is 559. The molecule has 1 unspecified atom stereocenters. The monoisotopic (exact) mass is 290 g/mol. The molecule has 1 atom stereocenters. The fourth-order valence-corrected chi connectivity index (χ4v) is 2.84. The molecule has 0 amide bonds. The highest BCUT2D eigenvalue weighted by Crippen LogP contribution is 2.18. The van der Waals surface area contributed by atoms with Gasteiger partial charge in [0.05, 0.1) is 0 Å². The molecule has 0 radical (unpaired) electrons. The van der Waals surface area contributed by atoms with Crippen molar-refractivity contribution in [1.82, 2.24) is 9.71 Å². The minimum atomic E-state index is -4.03. The maximum absolute atomic E-state index is 11.9. The molecule has 0 fully saturated rings. The number of hydrogen-bond donors (Lipinski definition) is 2. The van der Waals surface area contributed by atoms with E-state index in [4.69, 9.17) is 16.7 Å². The minimum absolute atomic E-state index is 0.0353. The number of pyridine rings is 1. The van der Waals surface area contributed by atoms with Crippen LogP contribution in [0, 0.1) is 0 Å². The molecule has 0 aliphatic rings. The Hall–Kier alpha value is -1.44. The normalized spacial score (nSPS) is 12.9. The second-order valence-corrected chi connectivity index (χ2v) is 5.37. The molecule has 8 heteroatoms. The van der Waals surface area contributed by atoms with Crippen LogP contribution in [0.1, 0.15) is 6.42 Å². The van der Waals surface area contributed by atoms with Gasteiger partial charge >= 0.3 is 5.97 Å². The van der Waals surface area contributed by atoms with E-state index in [0.717, 1.165) is 0 Å². The Morgan fingerprint density at radius 1 is 1.67 bits per heavy atom. The lowest BCUT2D eigenvalue weighted by Gasteiger charge is -2.13. The van der Waals surface area contributed by atoms with Crippen molar-refractivity contribution in [3.63, 3.8) is 0 Å². The molecule has 1 aromatic rings. The quantitative estimate of drug-likeness (QED) is 0.603. The van der Waals surface area contributed by atoms with Crippen LogP contribution >= 0.6 is 11.6 Å². The van der Waals surface area contributed by atoms with Crippen LogP contribution in [0.25, 0.3) is 0 Å². The lowest BCUT2D eigenvalue weighted by molar-refractivity contribution is -0.138. The van der Waals surface area contributed by atoms with Crippen molar-refractivity contribution in [2.45, 2.75) is 17.4 Å². The Morgan fingerprint density at radius 3 is 2.83 bits per heavy atom. The fourth-order valence-electron chi connectivity index (χ4n) is 1.19. The molecule has 1 rings (SSSR count). The molecule has 0 saturated heterocycles. The van der Waals surface area contributed by atoms with Gasteiger partial charge in [-0.2, -0.15) is 4.72 Å². The SMILES string of the molecule is C=CCC(NS(=O)(=O)c1cccnc1Cl)C(=O)O. The molecule has 0 aliphatic heterocycles. The van der Waals surface area contributed by atoms with Crippen molar-refractivity contribution < 1.29 is 18.3 Å². The first-order valence-electron chi connectivity index (χ1n) is 4.85. The van der Waals surface area contributed by atoms with Crippen LogP contribution in [0.5, 0.6) is 0 Å². The van der Waals surface area contributed by atoms with E-state index in [-0.39, 0.29) is 16.5 Å². The zero-order valence-electron chi connectivity index (χ0n) is 9.21. The number of carbonyl (C=O) groups is 1. The van der Waals surface area contributed by atoms with Crippen LogP contribution in [0.15, 0.2) is 35.9 Å². The van der Waals surface area contributed by atoms with Gasteiger partial charge < -0.3 is 5.11 Å². The van der Waals surface area contributed by atoms with Crippen molar-refractivity contribution in [3.8, 4) is 0 Å². The zero-order chi connectivity index (χ0) is 13.8. The molecule has 2 N–H and O–H groups in total. The van der Waals surface area contributed by atoms with Gasteiger partial charge in [0.2, 0.25) is 10.0 Å². The molecule has 0 aliphatic carbocycles. The van der Waals surface area contributed by atoms with Crippen LogP contribution in [0.3, 0.4) is 0 Å². The second kappa shape index (κ2) is 5.94. The Morgan fingerprint density at radius 2 is 2.33 bits per heavy atom. The number of carboxylic acids is 1. The summed E-state index contributed by atoms with van der Waals surface area (Å²) in [5, 5.41) is 8.65. The highest BCUT2D eigenvalue weighted by Gasteiger charge is 2.26. The maximum Gasteiger partial charge on any atom is 0.322 e. The number of aromatic nitrogens is 1.